The van der Waals surface area contributed by atoms with Gasteiger partial charge in [-0.25, -0.2) is 9.97 Å². The molecule has 0 aliphatic heterocycles. The first-order valence-corrected chi connectivity index (χ1v) is 7.65. The molecule has 0 spiro atoms. The number of nitrogens with zero attached hydrogens (tertiary/aromatic N) is 2. The Balaban J connectivity index is 2.16. The molecule has 2 aromatic rings. The fourth-order valence-electron chi connectivity index (χ4n) is 2.41. The van der Waals surface area contributed by atoms with Gasteiger partial charge in [0.25, 0.3) is 5.91 Å². The van der Waals surface area contributed by atoms with E-state index in [0.717, 1.165) is 16.8 Å². The van der Waals surface area contributed by atoms with Gasteiger partial charge < -0.3 is 10.6 Å². The smallest absolute Gasteiger partial charge is 0.254 e. The molecule has 5 heteroatoms. The summed E-state index contributed by atoms with van der Waals surface area (Å²) in [5.41, 5.74) is 4.66. The number of benzene rings is 1. The van der Waals surface area contributed by atoms with Gasteiger partial charge in [-0.15, -0.1) is 0 Å². The monoisotopic (exact) mass is 312 g/mol. The fraction of sp³-hybridized carbons (Fsp3) is 0.389. The van der Waals surface area contributed by atoms with Crippen molar-refractivity contribution in [2.75, 3.05) is 5.32 Å². The molecule has 0 aliphatic rings. The Labute approximate surface area is 137 Å². The van der Waals surface area contributed by atoms with E-state index in [4.69, 9.17) is 0 Å². The third-order valence-electron chi connectivity index (χ3n) is 3.32. The topological polar surface area (TPSA) is 66.9 Å². The number of carbonyl (C=O) groups excluding carboxylic acids is 1. The third kappa shape index (κ3) is 4.52. The van der Waals surface area contributed by atoms with E-state index < -0.39 is 0 Å². The van der Waals surface area contributed by atoms with E-state index >= 15 is 0 Å². The Morgan fingerprint density at radius 2 is 1.52 bits per heavy atom. The average Bonchev–Trinajstić information content (AvgIpc) is 2.41. The molecule has 0 saturated carbocycles. The standard InChI is InChI=1S/C18H24N4O/c1-11-7-12(2)15(13(3)8-11)21-17-19-9-14(10-20-17)16(23)22-18(4,5)6/h7-10H,1-6H3,(H,22,23)(H,19,20,21). The maximum absolute atomic E-state index is 12.1. The van der Waals surface area contributed by atoms with Crippen LogP contribution >= 0.6 is 0 Å². The van der Waals surface area contributed by atoms with Crippen LogP contribution in [0.5, 0.6) is 0 Å². The van der Waals surface area contributed by atoms with Crippen LogP contribution in [0.4, 0.5) is 11.6 Å². The van der Waals surface area contributed by atoms with Crippen LogP contribution in [0.15, 0.2) is 24.5 Å². The largest absolute Gasteiger partial charge is 0.347 e. The van der Waals surface area contributed by atoms with Crippen molar-refractivity contribution in [1.82, 2.24) is 15.3 Å². The molecule has 0 saturated heterocycles. The number of aromatic nitrogens is 2. The van der Waals surface area contributed by atoms with Crippen molar-refractivity contribution < 1.29 is 4.79 Å². The van der Waals surface area contributed by atoms with Crippen LogP contribution in [0.2, 0.25) is 0 Å². The number of hydrogen-bond acceptors (Lipinski definition) is 4. The van der Waals surface area contributed by atoms with Crippen LogP contribution in [0.1, 0.15) is 47.8 Å². The average molecular weight is 312 g/mol. The molecular weight excluding hydrogens is 288 g/mol. The summed E-state index contributed by atoms with van der Waals surface area (Å²) in [6.45, 7) is 12.0. The van der Waals surface area contributed by atoms with Crippen LogP contribution in [0, 0.1) is 20.8 Å². The van der Waals surface area contributed by atoms with Crippen molar-refractivity contribution in [3.8, 4) is 0 Å². The molecule has 0 aliphatic carbocycles. The lowest BCUT2D eigenvalue weighted by atomic mass is 10.1. The first kappa shape index (κ1) is 16.9. The first-order chi connectivity index (χ1) is 10.7. The number of aryl methyl sites for hydroxylation is 3. The second-order valence-corrected chi connectivity index (χ2v) is 6.90. The molecule has 1 aromatic heterocycles. The first-order valence-electron chi connectivity index (χ1n) is 7.65. The van der Waals surface area contributed by atoms with Gasteiger partial charge in [-0.05, 0) is 52.7 Å². The van der Waals surface area contributed by atoms with E-state index in [0.29, 0.717) is 11.5 Å². The molecule has 1 amide bonds. The molecule has 5 nitrogen and oxygen atoms in total. The highest BCUT2D eigenvalue weighted by Gasteiger charge is 2.16. The lowest BCUT2D eigenvalue weighted by Crippen LogP contribution is -2.40. The summed E-state index contributed by atoms with van der Waals surface area (Å²) in [5.74, 6) is 0.305. The molecule has 0 atom stereocenters. The van der Waals surface area contributed by atoms with Crippen LogP contribution in [0.25, 0.3) is 0 Å². The van der Waals surface area contributed by atoms with Crippen LogP contribution < -0.4 is 10.6 Å². The van der Waals surface area contributed by atoms with Crippen molar-refractivity contribution in [1.29, 1.82) is 0 Å². The molecule has 0 unspecified atom stereocenters. The van der Waals surface area contributed by atoms with Gasteiger partial charge >= 0.3 is 0 Å². The zero-order chi connectivity index (χ0) is 17.2. The van der Waals surface area contributed by atoms with Crippen molar-refractivity contribution in [3.63, 3.8) is 0 Å². The Morgan fingerprint density at radius 3 is 2.00 bits per heavy atom. The summed E-state index contributed by atoms with van der Waals surface area (Å²) in [7, 11) is 0. The second-order valence-electron chi connectivity index (χ2n) is 6.90. The van der Waals surface area contributed by atoms with Crippen molar-refractivity contribution in [2.24, 2.45) is 0 Å². The Kier molecular flexibility index (Phi) is 4.68. The Bertz CT molecular complexity index is 692. The van der Waals surface area contributed by atoms with Gasteiger partial charge in [-0.1, -0.05) is 17.7 Å². The van der Waals surface area contributed by atoms with Gasteiger partial charge in [-0.3, -0.25) is 4.79 Å². The molecule has 2 N–H and O–H groups in total. The highest BCUT2D eigenvalue weighted by molar-refractivity contribution is 5.94. The normalized spacial score (nSPS) is 11.2. The number of amides is 1. The zero-order valence-corrected chi connectivity index (χ0v) is 14.6. The highest BCUT2D eigenvalue weighted by atomic mass is 16.1. The van der Waals surface area contributed by atoms with E-state index in [1.807, 2.05) is 34.6 Å². The predicted octanol–water partition coefficient (Wildman–Crippen LogP) is 3.67. The van der Waals surface area contributed by atoms with Gasteiger partial charge in [0.05, 0.1) is 5.56 Å². The number of nitrogens with one attached hydrogen (secondary N) is 2. The van der Waals surface area contributed by atoms with Crippen molar-refractivity contribution >= 4 is 17.5 Å². The summed E-state index contributed by atoms with van der Waals surface area (Å²) in [4.78, 5) is 20.6. The minimum absolute atomic E-state index is 0.174. The summed E-state index contributed by atoms with van der Waals surface area (Å²) in [6, 6.07) is 4.22. The molecule has 0 radical (unpaired) electrons. The number of carbonyl (C=O) groups is 1. The van der Waals surface area contributed by atoms with Gasteiger partial charge in [-0.2, -0.15) is 0 Å². The maximum atomic E-state index is 12.1. The summed E-state index contributed by atoms with van der Waals surface area (Å²) < 4.78 is 0. The van der Waals surface area contributed by atoms with Crippen molar-refractivity contribution in [2.45, 2.75) is 47.1 Å². The zero-order valence-electron chi connectivity index (χ0n) is 14.6. The lowest BCUT2D eigenvalue weighted by Gasteiger charge is -2.20. The number of hydrogen-bond donors (Lipinski definition) is 2. The van der Waals surface area contributed by atoms with Gasteiger partial charge in [0, 0.05) is 23.6 Å². The SMILES string of the molecule is Cc1cc(C)c(Nc2ncc(C(=O)NC(C)(C)C)cn2)c(C)c1. The number of anilines is 2. The quantitative estimate of drug-likeness (QED) is 0.907. The summed E-state index contributed by atoms with van der Waals surface area (Å²) in [6.07, 6.45) is 3.07. The van der Waals surface area contributed by atoms with E-state index in [-0.39, 0.29) is 11.4 Å². The van der Waals surface area contributed by atoms with Crippen molar-refractivity contribution in [3.05, 3.63) is 46.8 Å². The lowest BCUT2D eigenvalue weighted by molar-refractivity contribution is 0.0919. The molecule has 23 heavy (non-hydrogen) atoms. The number of rotatable bonds is 3. The summed E-state index contributed by atoms with van der Waals surface area (Å²) >= 11 is 0. The van der Waals surface area contributed by atoms with E-state index in [1.54, 1.807) is 0 Å². The van der Waals surface area contributed by atoms with Gasteiger partial charge in [0.2, 0.25) is 5.95 Å². The highest BCUT2D eigenvalue weighted by Crippen LogP contribution is 2.24. The second kappa shape index (κ2) is 6.36. The third-order valence-corrected chi connectivity index (χ3v) is 3.32. The van der Waals surface area contributed by atoms with Gasteiger partial charge in [0.1, 0.15) is 0 Å². The minimum Gasteiger partial charge on any atom is -0.347 e. The van der Waals surface area contributed by atoms with Gasteiger partial charge in [0.15, 0.2) is 0 Å². The molecule has 0 bridgehead atoms. The summed E-state index contributed by atoms with van der Waals surface area (Å²) in [5, 5.41) is 6.12. The molecule has 122 valence electrons. The Hall–Kier alpha value is -2.43. The molecule has 1 aromatic carbocycles. The molecule has 2 rings (SSSR count). The van der Waals surface area contributed by atoms with E-state index in [9.17, 15) is 4.79 Å². The van der Waals surface area contributed by atoms with E-state index in [1.165, 1.54) is 18.0 Å². The predicted molar refractivity (Wildman–Crippen MR) is 93.2 cm³/mol. The van der Waals surface area contributed by atoms with E-state index in [2.05, 4.69) is 39.7 Å². The molecule has 0 fully saturated rings. The van der Waals surface area contributed by atoms with Crippen LogP contribution in [-0.2, 0) is 0 Å². The maximum Gasteiger partial charge on any atom is 0.254 e. The molecule has 1 heterocycles. The van der Waals surface area contributed by atoms with Crippen LogP contribution in [-0.4, -0.2) is 21.4 Å². The fourth-order valence-corrected chi connectivity index (χ4v) is 2.41. The minimum atomic E-state index is -0.288. The Morgan fingerprint density at radius 1 is 1.00 bits per heavy atom. The molecular formula is C18H24N4O. The van der Waals surface area contributed by atoms with Crippen LogP contribution in [0.3, 0.4) is 0 Å².